The van der Waals surface area contributed by atoms with Gasteiger partial charge in [-0.15, -0.1) is 0 Å². The van der Waals surface area contributed by atoms with Gasteiger partial charge in [0.1, 0.15) is 17.9 Å². The molecule has 3 aromatic rings. The molecule has 0 radical (unpaired) electrons. The van der Waals surface area contributed by atoms with Crippen molar-refractivity contribution in [1.29, 1.82) is 0 Å². The second-order valence-electron chi connectivity index (χ2n) is 4.08. The number of hydrogen-bond donors (Lipinski definition) is 1. The normalized spacial score (nSPS) is 11.0. The number of fused-ring (bicyclic) bond motifs is 1. The molecule has 3 heterocycles. The summed E-state index contributed by atoms with van der Waals surface area (Å²) in [4.78, 5) is 8.47. The second-order valence-corrected chi connectivity index (χ2v) is 4.08. The van der Waals surface area contributed by atoms with Crippen LogP contribution in [-0.4, -0.2) is 19.6 Å². The van der Waals surface area contributed by atoms with Crippen LogP contribution in [0.15, 0.2) is 29.1 Å². The molecule has 92 valence electrons. The number of aryl methyl sites for hydroxylation is 1. The van der Waals surface area contributed by atoms with Crippen LogP contribution in [0.25, 0.3) is 5.78 Å². The molecule has 3 rings (SSSR count). The first-order valence-corrected chi connectivity index (χ1v) is 5.69. The number of anilines is 1. The zero-order valence-corrected chi connectivity index (χ0v) is 10.2. The number of aromatic nitrogens is 4. The summed E-state index contributed by atoms with van der Waals surface area (Å²) in [6, 6.07) is 3.79. The first-order chi connectivity index (χ1) is 8.75. The number of rotatable bonds is 3. The number of furan rings is 1. The molecule has 0 aliphatic carbocycles. The Bertz CT molecular complexity index is 671. The van der Waals surface area contributed by atoms with Crippen LogP contribution in [0.4, 0.5) is 5.82 Å². The van der Waals surface area contributed by atoms with E-state index in [2.05, 4.69) is 20.4 Å². The fourth-order valence-electron chi connectivity index (χ4n) is 1.82. The van der Waals surface area contributed by atoms with Gasteiger partial charge < -0.3 is 9.73 Å². The highest BCUT2D eigenvalue weighted by Gasteiger charge is 2.10. The summed E-state index contributed by atoms with van der Waals surface area (Å²) in [6.07, 6.45) is 3.16. The van der Waals surface area contributed by atoms with Gasteiger partial charge in [0.15, 0.2) is 0 Å². The fourth-order valence-corrected chi connectivity index (χ4v) is 1.82. The van der Waals surface area contributed by atoms with Crippen LogP contribution in [0.3, 0.4) is 0 Å². The second kappa shape index (κ2) is 4.14. The first-order valence-electron chi connectivity index (χ1n) is 5.69. The number of nitrogens with one attached hydrogen (secondary N) is 1. The fraction of sp³-hybridized carbons (Fsp3) is 0.250. The van der Waals surface area contributed by atoms with E-state index in [1.807, 2.05) is 26.0 Å². The Hall–Kier alpha value is -2.37. The standard InChI is InChI=1S/C12H13N5O/c1-8-9(2)16-12-14-7-15-17(12)11(8)13-6-10-4-3-5-18-10/h3-5,7,13H,6H2,1-2H3. The monoisotopic (exact) mass is 243 g/mol. The molecular weight excluding hydrogens is 230 g/mol. The molecule has 18 heavy (non-hydrogen) atoms. The minimum absolute atomic E-state index is 0.597. The Morgan fingerprint density at radius 2 is 2.28 bits per heavy atom. The molecule has 6 nitrogen and oxygen atoms in total. The van der Waals surface area contributed by atoms with Gasteiger partial charge in [-0.3, -0.25) is 0 Å². The van der Waals surface area contributed by atoms with E-state index in [4.69, 9.17) is 4.42 Å². The smallest absolute Gasteiger partial charge is 0.254 e. The third-order valence-corrected chi connectivity index (χ3v) is 2.92. The maximum absolute atomic E-state index is 5.30. The summed E-state index contributed by atoms with van der Waals surface area (Å²) < 4.78 is 7.00. The molecule has 0 fully saturated rings. The van der Waals surface area contributed by atoms with E-state index in [1.54, 1.807) is 10.8 Å². The molecule has 1 N–H and O–H groups in total. The maximum Gasteiger partial charge on any atom is 0.254 e. The molecule has 0 bridgehead atoms. The highest BCUT2D eigenvalue weighted by Crippen LogP contribution is 2.18. The van der Waals surface area contributed by atoms with Gasteiger partial charge in [0, 0.05) is 11.3 Å². The zero-order chi connectivity index (χ0) is 12.5. The average molecular weight is 243 g/mol. The Balaban J connectivity index is 1.99. The van der Waals surface area contributed by atoms with Gasteiger partial charge in [-0.25, -0.2) is 4.98 Å². The SMILES string of the molecule is Cc1nc2ncnn2c(NCc2ccco2)c1C. The van der Waals surface area contributed by atoms with Crippen molar-refractivity contribution in [3.8, 4) is 0 Å². The van der Waals surface area contributed by atoms with Gasteiger partial charge in [-0.05, 0) is 26.0 Å². The van der Waals surface area contributed by atoms with Crippen molar-refractivity contribution in [3.05, 3.63) is 41.7 Å². The largest absolute Gasteiger partial charge is 0.467 e. The molecule has 0 saturated carbocycles. The summed E-state index contributed by atoms with van der Waals surface area (Å²) in [5.41, 5.74) is 2.00. The van der Waals surface area contributed by atoms with E-state index >= 15 is 0 Å². The summed E-state index contributed by atoms with van der Waals surface area (Å²) >= 11 is 0. The van der Waals surface area contributed by atoms with Gasteiger partial charge in [0.25, 0.3) is 5.78 Å². The molecular formula is C12H13N5O. The summed E-state index contributed by atoms with van der Waals surface area (Å²) in [5.74, 6) is 2.36. The van der Waals surface area contributed by atoms with Crippen molar-refractivity contribution in [1.82, 2.24) is 19.6 Å². The van der Waals surface area contributed by atoms with Crippen LogP contribution in [0, 0.1) is 13.8 Å². The van der Waals surface area contributed by atoms with Gasteiger partial charge in [-0.1, -0.05) is 0 Å². The molecule has 0 aliphatic rings. The molecule has 3 aromatic heterocycles. The van der Waals surface area contributed by atoms with Crippen LogP contribution in [0.5, 0.6) is 0 Å². The predicted octanol–water partition coefficient (Wildman–Crippen LogP) is 1.95. The molecule has 0 atom stereocenters. The molecule has 6 heteroatoms. The predicted molar refractivity (Wildman–Crippen MR) is 66.3 cm³/mol. The van der Waals surface area contributed by atoms with Crippen LogP contribution < -0.4 is 5.32 Å². The van der Waals surface area contributed by atoms with Crippen molar-refractivity contribution in [2.45, 2.75) is 20.4 Å². The Morgan fingerprint density at radius 3 is 3.06 bits per heavy atom. The third kappa shape index (κ3) is 1.71. The lowest BCUT2D eigenvalue weighted by Crippen LogP contribution is -2.09. The van der Waals surface area contributed by atoms with Gasteiger partial charge >= 0.3 is 0 Å². The lowest BCUT2D eigenvalue weighted by molar-refractivity contribution is 0.517. The van der Waals surface area contributed by atoms with Crippen molar-refractivity contribution >= 4 is 11.6 Å². The van der Waals surface area contributed by atoms with Crippen molar-refractivity contribution in [3.63, 3.8) is 0 Å². The van der Waals surface area contributed by atoms with Gasteiger partial charge in [0.05, 0.1) is 12.8 Å². The zero-order valence-electron chi connectivity index (χ0n) is 10.2. The lowest BCUT2D eigenvalue weighted by atomic mass is 10.2. The van der Waals surface area contributed by atoms with Crippen LogP contribution >= 0.6 is 0 Å². The number of nitrogens with zero attached hydrogens (tertiary/aromatic N) is 4. The highest BCUT2D eigenvalue weighted by molar-refractivity contribution is 5.51. The van der Waals surface area contributed by atoms with Crippen molar-refractivity contribution < 1.29 is 4.42 Å². The molecule has 0 aromatic carbocycles. The van der Waals surface area contributed by atoms with E-state index in [0.29, 0.717) is 12.3 Å². The van der Waals surface area contributed by atoms with E-state index in [9.17, 15) is 0 Å². The van der Waals surface area contributed by atoms with E-state index < -0.39 is 0 Å². The van der Waals surface area contributed by atoms with Crippen molar-refractivity contribution in [2.75, 3.05) is 5.32 Å². The van der Waals surface area contributed by atoms with Crippen LogP contribution in [0.2, 0.25) is 0 Å². The molecule has 0 spiro atoms. The van der Waals surface area contributed by atoms with Crippen LogP contribution in [0.1, 0.15) is 17.0 Å². The van der Waals surface area contributed by atoms with E-state index in [1.165, 1.54) is 6.33 Å². The number of hydrogen-bond acceptors (Lipinski definition) is 5. The maximum atomic E-state index is 5.30. The molecule has 0 unspecified atom stereocenters. The van der Waals surface area contributed by atoms with E-state index in [-0.39, 0.29) is 0 Å². The highest BCUT2D eigenvalue weighted by atomic mass is 16.3. The summed E-state index contributed by atoms with van der Waals surface area (Å²) in [7, 11) is 0. The summed E-state index contributed by atoms with van der Waals surface area (Å²) in [5, 5.41) is 7.48. The Kier molecular flexibility index (Phi) is 2.47. The quantitative estimate of drug-likeness (QED) is 0.761. The third-order valence-electron chi connectivity index (χ3n) is 2.92. The minimum Gasteiger partial charge on any atom is -0.467 e. The average Bonchev–Trinajstić information content (AvgIpc) is 3.00. The first kappa shape index (κ1) is 10.8. The lowest BCUT2D eigenvalue weighted by Gasteiger charge is -2.11. The molecule has 0 saturated heterocycles. The Labute approximate surface area is 104 Å². The minimum atomic E-state index is 0.597. The van der Waals surface area contributed by atoms with Gasteiger partial charge in [0.2, 0.25) is 0 Å². The van der Waals surface area contributed by atoms with E-state index in [0.717, 1.165) is 22.8 Å². The Morgan fingerprint density at radius 1 is 1.39 bits per heavy atom. The molecule has 0 amide bonds. The van der Waals surface area contributed by atoms with Crippen molar-refractivity contribution in [2.24, 2.45) is 0 Å². The summed E-state index contributed by atoms with van der Waals surface area (Å²) in [6.45, 7) is 4.57. The topological polar surface area (TPSA) is 68.2 Å². The van der Waals surface area contributed by atoms with Crippen LogP contribution in [-0.2, 0) is 6.54 Å². The van der Waals surface area contributed by atoms with Gasteiger partial charge in [-0.2, -0.15) is 14.6 Å². The molecule has 0 aliphatic heterocycles.